The maximum absolute atomic E-state index is 10.6. The van der Waals surface area contributed by atoms with E-state index in [-0.39, 0.29) is 5.97 Å². The van der Waals surface area contributed by atoms with Crippen molar-refractivity contribution in [2.75, 3.05) is 0 Å². The van der Waals surface area contributed by atoms with E-state index in [1.54, 1.807) is 0 Å². The number of hydrogen-bond acceptors (Lipinski definition) is 2. The lowest BCUT2D eigenvalue weighted by Gasteiger charge is -2.03. The fraction of sp³-hybridized carbons (Fsp3) is 0.700. The van der Waals surface area contributed by atoms with Crippen molar-refractivity contribution < 1.29 is 9.53 Å². The van der Waals surface area contributed by atoms with Gasteiger partial charge in [-0.3, -0.25) is 4.79 Å². The molecular weight excluding hydrogens is 152 g/mol. The highest BCUT2D eigenvalue weighted by Gasteiger charge is 1.97. The minimum absolute atomic E-state index is 0.223. The molecule has 0 aliphatic rings. The van der Waals surface area contributed by atoms with E-state index < -0.39 is 0 Å². The van der Waals surface area contributed by atoms with Crippen LogP contribution < -0.4 is 0 Å². The molecule has 0 amide bonds. The Bertz CT molecular complexity index is 159. The van der Waals surface area contributed by atoms with Crippen molar-refractivity contribution in [2.45, 2.75) is 46.5 Å². The number of esters is 1. The number of carbonyl (C=O) groups is 1. The molecule has 0 bridgehead atoms. The molecule has 0 heterocycles. The Kier molecular flexibility index (Phi) is 6.44. The van der Waals surface area contributed by atoms with Gasteiger partial charge in [-0.1, -0.05) is 20.3 Å². The van der Waals surface area contributed by atoms with Crippen LogP contribution in [0.1, 0.15) is 46.5 Å². The third kappa shape index (κ3) is 5.96. The van der Waals surface area contributed by atoms with Crippen LogP contribution in [0, 0.1) is 0 Å². The summed E-state index contributed by atoms with van der Waals surface area (Å²) in [7, 11) is 0. The van der Waals surface area contributed by atoms with Crippen molar-refractivity contribution in [1.82, 2.24) is 0 Å². The number of unbranched alkanes of at least 4 members (excludes halogenated alkanes) is 2. The Morgan fingerprint density at radius 2 is 2.08 bits per heavy atom. The van der Waals surface area contributed by atoms with Crippen LogP contribution in [-0.4, -0.2) is 5.97 Å². The van der Waals surface area contributed by atoms with Gasteiger partial charge < -0.3 is 4.74 Å². The van der Waals surface area contributed by atoms with Crippen LogP contribution in [0.15, 0.2) is 11.8 Å². The third-order valence-electron chi connectivity index (χ3n) is 1.55. The smallest absolute Gasteiger partial charge is 0.307 e. The van der Waals surface area contributed by atoms with Gasteiger partial charge in [0.1, 0.15) is 5.76 Å². The highest BCUT2D eigenvalue weighted by atomic mass is 16.5. The molecule has 0 unspecified atom stereocenters. The summed E-state index contributed by atoms with van der Waals surface area (Å²) >= 11 is 0. The lowest BCUT2D eigenvalue weighted by atomic mass is 10.2. The molecule has 0 aromatic carbocycles. The Morgan fingerprint density at radius 3 is 2.50 bits per heavy atom. The van der Waals surface area contributed by atoms with Crippen molar-refractivity contribution in [3.8, 4) is 0 Å². The zero-order valence-corrected chi connectivity index (χ0v) is 8.22. The summed E-state index contributed by atoms with van der Waals surface area (Å²) in [5, 5.41) is 0. The molecule has 2 heteroatoms. The number of hydrogen-bond donors (Lipinski definition) is 0. The monoisotopic (exact) mass is 170 g/mol. The molecule has 0 aliphatic heterocycles. The molecule has 0 fully saturated rings. The van der Waals surface area contributed by atoms with Gasteiger partial charge in [0.2, 0.25) is 0 Å². The van der Waals surface area contributed by atoms with Crippen molar-refractivity contribution in [3.05, 3.63) is 11.8 Å². The van der Waals surface area contributed by atoms with Crippen molar-refractivity contribution in [3.63, 3.8) is 0 Å². The number of allylic oxidation sites excluding steroid dienone is 2. The molecular formula is C10H18O2. The minimum Gasteiger partial charge on any atom is -0.432 e. The van der Waals surface area contributed by atoms with Gasteiger partial charge in [0.15, 0.2) is 0 Å². The third-order valence-corrected chi connectivity index (χ3v) is 1.55. The van der Waals surface area contributed by atoms with E-state index in [1.807, 2.05) is 13.0 Å². The fourth-order valence-corrected chi connectivity index (χ4v) is 0.910. The summed E-state index contributed by atoms with van der Waals surface area (Å²) in [4.78, 5) is 10.6. The van der Waals surface area contributed by atoms with E-state index in [1.165, 1.54) is 13.3 Å². The van der Waals surface area contributed by atoms with Crippen LogP contribution >= 0.6 is 0 Å². The van der Waals surface area contributed by atoms with Crippen LogP contribution in [-0.2, 0) is 9.53 Å². The summed E-state index contributed by atoms with van der Waals surface area (Å²) in [6.45, 7) is 5.56. The van der Waals surface area contributed by atoms with Gasteiger partial charge in [-0.15, -0.1) is 0 Å². The van der Waals surface area contributed by atoms with Crippen molar-refractivity contribution in [1.29, 1.82) is 0 Å². The van der Waals surface area contributed by atoms with Gasteiger partial charge in [0.05, 0.1) is 0 Å². The molecule has 0 atom stereocenters. The van der Waals surface area contributed by atoms with Gasteiger partial charge in [-0.25, -0.2) is 0 Å². The lowest BCUT2D eigenvalue weighted by Crippen LogP contribution is -1.97. The molecule has 0 N–H and O–H groups in total. The molecule has 0 aromatic rings. The number of rotatable bonds is 5. The Balaban J connectivity index is 3.78. The molecule has 0 rings (SSSR count). The normalized spacial score (nSPS) is 11.4. The second-order valence-electron chi connectivity index (χ2n) is 2.76. The molecule has 0 spiro atoms. The van der Waals surface area contributed by atoms with E-state index >= 15 is 0 Å². The average Bonchev–Trinajstić information content (AvgIpc) is 2.02. The largest absolute Gasteiger partial charge is 0.432 e. The summed E-state index contributed by atoms with van der Waals surface area (Å²) in [6, 6.07) is 0. The predicted molar refractivity (Wildman–Crippen MR) is 49.7 cm³/mol. The SMILES string of the molecule is CCCCC=C(CC)OC(C)=O. The molecule has 12 heavy (non-hydrogen) atoms. The molecule has 0 saturated heterocycles. The van der Waals surface area contributed by atoms with Crippen LogP contribution in [0.2, 0.25) is 0 Å². The first-order valence-electron chi connectivity index (χ1n) is 4.58. The molecule has 0 saturated carbocycles. The maximum Gasteiger partial charge on any atom is 0.307 e. The highest BCUT2D eigenvalue weighted by Crippen LogP contribution is 2.06. The fourth-order valence-electron chi connectivity index (χ4n) is 0.910. The van der Waals surface area contributed by atoms with Gasteiger partial charge in [0.25, 0.3) is 0 Å². The van der Waals surface area contributed by atoms with Gasteiger partial charge in [0, 0.05) is 13.3 Å². The maximum atomic E-state index is 10.6. The summed E-state index contributed by atoms with van der Waals surface area (Å²) in [5.74, 6) is 0.579. The Morgan fingerprint density at radius 1 is 1.42 bits per heavy atom. The predicted octanol–water partition coefficient (Wildman–Crippen LogP) is 3.03. The quantitative estimate of drug-likeness (QED) is 0.360. The number of ether oxygens (including phenoxy) is 1. The molecule has 0 aromatic heterocycles. The first-order chi connectivity index (χ1) is 5.70. The van der Waals surface area contributed by atoms with E-state index in [4.69, 9.17) is 4.74 Å². The minimum atomic E-state index is -0.223. The zero-order valence-electron chi connectivity index (χ0n) is 8.22. The molecule has 2 nitrogen and oxygen atoms in total. The summed E-state index contributed by atoms with van der Waals surface area (Å²) < 4.78 is 4.97. The average molecular weight is 170 g/mol. The standard InChI is InChI=1S/C10H18O2/c1-4-6-7-8-10(5-2)12-9(3)11/h8H,4-7H2,1-3H3. The topological polar surface area (TPSA) is 26.3 Å². The number of carbonyl (C=O) groups excluding carboxylic acids is 1. The van der Waals surface area contributed by atoms with Crippen LogP contribution in [0.25, 0.3) is 0 Å². The van der Waals surface area contributed by atoms with Crippen LogP contribution in [0.3, 0.4) is 0 Å². The summed E-state index contributed by atoms with van der Waals surface area (Å²) in [6.07, 6.45) is 6.14. The van der Waals surface area contributed by atoms with Crippen LogP contribution in [0.4, 0.5) is 0 Å². The molecule has 70 valence electrons. The first-order valence-corrected chi connectivity index (χ1v) is 4.58. The first kappa shape index (κ1) is 11.2. The zero-order chi connectivity index (χ0) is 9.40. The van der Waals surface area contributed by atoms with Crippen LogP contribution in [0.5, 0.6) is 0 Å². The second kappa shape index (κ2) is 6.89. The van der Waals surface area contributed by atoms with Gasteiger partial charge in [-0.2, -0.15) is 0 Å². The molecule has 0 aliphatic carbocycles. The van der Waals surface area contributed by atoms with Crippen molar-refractivity contribution in [2.24, 2.45) is 0 Å². The molecule has 0 radical (unpaired) electrons. The van der Waals surface area contributed by atoms with Crippen molar-refractivity contribution >= 4 is 5.97 Å². The lowest BCUT2D eigenvalue weighted by molar-refractivity contribution is -0.137. The highest BCUT2D eigenvalue weighted by molar-refractivity contribution is 5.67. The summed E-state index contributed by atoms with van der Waals surface area (Å²) in [5.41, 5.74) is 0. The second-order valence-corrected chi connectivity index (χ2v) is 2.76. The van der Waals surface area contributed by atoms with E-state index in [2.05, 4.69) is 6.92 Å². The Labute approximate surface area is 74.6 Å². The Hall–Kier alpha value is -0.790. The van der Waals surface area contributed by atoms with E-state index in [0.29, 0.717) is 0 Å². The van der Waals surface area contributed by atoms with E-state index in [9.17, 15) is 4.79 Å². The van der Waals surface area contributed by atoms with Gasteiger partial charge in [-0.05, 0) is 18.9 Å². The van der Waals surface area contributed by atoms with E-state index in [0.717, 1.165) is 25.0 Å². The van der Waals surface area contributed by atoms with Gasteiger partial charge >= 0.3 is 5.97 Å².